The minimum atomic E-state index is -4.00. The monoisotopic (exact) mass is 396 g/mol. The van der Waals surface area contributed by atoms with Crippen molar-refractivity contribution in [3.05, 3.63) is 105 Å². The summed E-state index contributed by atoms with van der Waals surface area (Å²) in [5.74, 6) is 0. The molecule has 0 saturated heterocycles. The van der Waals surface area contributed by atoms with E-state index in [0.29, 0.717) is 5.56 Å². The first-order chi connectivity index (χ1) is 13.3. The van der Waals surface area contributed by atoms with E-state index >= 15 is 0 Å². The van der Waals surface area contributed by atoms with Gasteiger partial charge < -0.3 is 0 Å². The maximum absolute atomic E-state index is 13.1. The highest BCUT2D eigenvalue weighted by Crippen LogP contribution is 2.28. The molecule has 0 bridgehead atoms. The summed E-state index contributed by atoms with van der Waals surface area (Å²) < 4.78 is 28.8. The molecule has 6 nitrogen and oxygen atoms in total. The van der Waals surface area contributed by atoms with Gasteiger partial charge in [0.05, 0.1) is 15.9 Å². The lowest BCUT2D eigenvalue weighted by Crippen LogP contribution is -2.30. The highest BCUT2D eigenvalue weighted by molar-refractivity contribution is 7.89. The van der Waals surface area contributed by atoms with E-state index in [0.717, 1.165) is 22.8 Å². The maximum Gasteiger partial charge on any atom is 0.273 e. The SMILES string of the molecule is Cc1ccccc1[C@@H](NS(=O)(=O)c1ccc(C)c([N+](=O)[O-])c1)c1ccccc1. The number of benzene rings is 3. The molecule has 3 aromatic carbocycles. The molecule has 0 aliphatic carbocycles. The average molecular weight is 396 g/mol. The van der Waals surface area contributed by atoms with E-state index in [4.69, 9.17) is 0 Å². The van der Waals surface area contributed by atoms with Gasteiger partial charge in [-0.1, -0.05) is 60.7 Å². The molecule has 3 aromatic rings. The Morgan fingerprint density at radius 1 is 0.893 bits per heavy atom. The summed E-state index contributed by atoms with van der Waals surface area (Å²) in [6, 6.07) is 20.0. The molecule has 0 aliphatic rings. The Kier molecular flexibility index (Phi) is 5.58. The molecule has 7 heteroatoms. The summed E-state index contributed by atoms with van der Waals surface area (Å²) in [5.41, 5.74) is 2.72. The fraction of sp³-hybridized carbons (Fsp3) is 0.143. The van der Waals surface area contributed by atoms with Crippen molar-refractivity contribution in [1.82, 2.24) is 4.72 Å². The zero-order valence-corrected chi connectivity index (χ0v) is 16.3. The second kappa shape index (κ2) is 7.92. The molecule has 0 amide bonds. The first kappa shape index (κ1) is 19.7. The third-order valence-corrected chi connectivity index (χ3v) is 6.01. The highest BCUT2D eigenvalue weighted by atomic mass is 32.2. The summed E-state index contributed by atoms with van der Waals surface area (Å²) in [4.78, 5) is 10.5. The Balaban J connectivity index is 2.07. The van der Waals surface area contributed by atoms with E-state index < -0.39 is 21.0 Å². The van der Waals surface area contributed by atoms with Crippen LogP contribution in [0.15, 0.2) is 77.7 Å². The van der Waals surface area contributed by atoms with Gasteiger partial charge in [0.25, 0.3) is 5.69 Å². The van der Waals surface area contributed by atoms with Gasteiger partial charge in [0.1, 0.15) is 0 Å². The van der Waals surface area contributed by atoms with Gasteiger partial charge in [-0.2, -0.15) is 4.72 Å². The van der Waals surface area contributed by atoms with Crippen molar-refractivity contribution in [3.8, 4) is 0 Å². The zero-order valence-electron chi connectivity index (χ0n) is 15.5. The van der Waals surface area contributed by atoms with Crippen LogP contribution in [-0.4, -0.2) is 13.3 Å². The summed E-state index contributed by atoms with van der Waals surface area (Å²) in [6.45, 7) is 3.48. The first-order valence-electron chi connectivity index (χ1n) is 8.67. The molecule has 0 aliphatic heterocycles. The van der Waals surface area contributed by atoms with Gasteiger partial charge in [-0.05, 0) is 36.6 Å². The van der Waals surface area contributed by atoms with Gasteiger partial charge in [0.15, 0.2) is 0 Å². The van der Waals surface area contributed by atoms with Crippen LogP contribution >= 0.6 is 0 Å². The standard InChI is InChI=1S/C21H20N2O4S/c1-15-8-6-7-11-19(15)21(17-9-4-3-5-10-17)22-28(26,27)18-13-12-16(2)20(14-18)23(24)25/h3-14,21-22H,1-2H3/t21-/m0/s1. The van der Waals surface area contributed by atoms with Gasteiger partial charge in [-0.15, -0.1) is 0 Å². The van der Waals surface area contributed by atoms with Crippen molar-refractivity contribution in [1.29, 1.82) is 0 Å². The van der Waals surface area contributed by atoms with Crippen molar-refractivity contribution in [2.45, 2.75) is 24.8 Å². The number of nitro benzene ring substituents is 1. The fourth-order valence-corrected chi connectivity index (χ4v) is 4.27. The summed E-state index contributed by atoms with van der Waals surface area (Å²) in [6.07, 6.45) is 0. The normalized spacial score (nSPS) is 12.5. The van der Waals surface area contributed by atoms with E-state index in [-0.39, 0.29) is 10.6 Å². The highest BCUT2D eigenvalue weighted by Gasteiger charge is 2.26. The van der Waals surface area contributed by atoms with Crippen LogP contribution in [0, 0.1) is 24.0 Å². The molecule has 144 valence electrons. The van der Waals surface area contributed by atoms with Gasteiger partial charge in [0, 0.05) is 11.6 Å². The lowest BCUT2D eigenvalue weighted by molar-refractivity contribution is -0.385. The first-order valence-corrected chi connectivity index (χ1v) is 10.2. The molecular weight excluding hydrogens is 376 g/mol. The Morgan fingerprint density at radius 2 is 1.54 bits per heavy atom. The molecule has 0 aromatic heterocycles. The predicted molar refractivity (Wildman–Crippen MR) is 108 cm³/mol. The van der Waals surface area contributed by atoms with Crippen LogP contribution in [0.3, 0.4) is 0 Å². The molecule has 0 unspecified atom stereocenters. The van der Waals surface area contributed by atoms with Crippen molar-refractivity contribution >= 4 is 15.7 Å². The number of nitrogens with one attached hydrogen (secondary N) is 1. The topological polar surface area (TPSA) is 89.3 Å². The van der Waals surface area contributed by atoms with E-state index in [9.17, 15) is 18.5 Å². The van der Waals surface area contributed by atoms with Crippen LogP contribution in [0.1, 0.15) is 28.3 Å². The number of nitro groups is 1. The number of rotatable bonds is 6. The van der Waals surface area contributed by atoms with Crippen LogP contribution in [0.5, 0.6) is 0 Å². The lowest BCUT2D eigenvalue weighted by Gasteiger charge is -2.21. The van der Waals surface area contributed by atoms with Crippen molar-refractivity contribution in [3.63, 3.8) is 0 Å². The number of hydrogen-bond acceptors (Lipinski definition) is 4. The predicted octanol–water partition coefficient (Wildman–Crippen LogP) is 4.28. The molecule has 0 saturated carbocycles. The number of nitrogens with zero attached hydrogens (tertiary/aromatic N) is 1. The van der Waals surface area contributed by atoms with Crippen LogP contribution < -0.4 is 4.72 Å². The number of sulfonamides is 1. The molecule has 28 heavy (non-hydrogen) atoms. The maximum atomic E-state index is 13.1. The Bertz CT molecular complexity index is 1110. The van der Waals surface area contributed by atoms with E-state index in [2.05, 4.69) is 4.72 Å². The van der Waals surface area contributed by atoms with Crippen LogP contribution in [0.4, 0.5) is 5.69 Å². The van der Waals surface area contributed by atoms with Crippen molar-refractivity contribution in [2.75, 3.05) is 0 Å². The van der Waals surface area contributed by atoms with Gasteiger partial charge in [-0.25, -0.2) is 8.42 Å². The summed E-state index contributed by atoms with van der Waals surface area (Å²) in [7, 11) is -4.00. The van der Waals surface area contributed by atoms with Crippen molar-refractivity contribution in [2.24, 2.45) is 0 Å². The second-order valence-electron chi connectivity index (χ2n) is 6.53. The van der Waals surface area contributed by atoms with Crippen LogP contribution in [-0.2, 0) is 10.0 Å². The Hall–Kier alpha value is -3.03. The largest absolute Gasteiger partial charge is 0.273 e. The van der Waals surface area contributed by atoms with Crippen LogP contribution in [0.2, 0.25) is 0 Å². The fourth-order valence-electron chi connectivity index (χ4n) is 3.04. The Labute approximate surface area is 164 Å². The molecule has 0 radical (unpaired) electrons. The average Bonchev–Trinajstić information content (AvgIpc) is 2.67. The minimum Gasteiger partial charge on any atom is -0.258 e. The zero-order chi connectivity index (χ0) is 20.3. The lowest BCUT2D eigenvalue weighted by atomic mass is 9.96. The van der Waals surface area contributed by atoms with Gasteiger partial charge >= 0.3 is 0 Å². The van der Waals surface area contributed by atoms with E-state index in [1.807, 2.05) is 61.5 Å². The minimum absolute atomic E-state index is 0.140. The summed E-state index contributed by atoms with van der Waals surface area (Å²) in [5, 5.41) is 11.2. The number of aryl methyl sites for hydroxylation is 2. The second-order valence-corrected chi connectivity index (χ2v) is 8.24. The molecule has 0 spiro atoms. The summed E-state index contributed by atoms with van der Waals surface area (Å²) >= 11 is 0. The van der Waals surface area contributed by atoms with Crippen LogP contribution in [0.25, 0.3) is 0 Å². The quantitative estimate of drug-likeness (QED) is 0.497. The Morgan fingerprint density at radius 3 is 2.18 bits per heavy atom. The molecule has 1 N–H and O–H groups in total. The molecular formula is C21H20N2O4S. The van der Waals surface area contributed by atoms with Crippen molar-refractivity contribution < 1.29 is 13.3 Å². The third-order valence-electron chi connectivity index (χ3n) is 4.59. The molecule has 0 heterocycles. The van der Waals surface area contributed by atoms with Gasteiger partial charge in [0.2, 0.25) is 10.0 Å². The molecule has 0 fully saturated rings. The third kappa shape index (κ3) is 4.11. The van der Waals surface area contributed by atoms with Gasteiger partial charge in [-0.3, -0.25) is 10.1 Å². The smallest absolute Gasteiger partial charge is 0.258 e. The van der Waals surface area contributed by atoms with E-state index in [1.165, 1.54) is 12.1 Å². The number of hydrogen-bond donors (Lipinski definition) is 1. The molecule has 3 rings (SSSR count). The molecule has 1 atom stereocenters. The van der Waals surface area contributed by atoms with E-state index in [1.54, 1.807) is 6.92 Å².